The largest absolute Gasteiger partial charge is 0.495 e. The van der Waals surface area contributed by atoms with Gasteiger partial charge < -0.3 is 19.9 Å². The number of ether oxygens (including phenoxy) is 2. The highest BCUT2D eigenvalue weighted by molar-refractivity contribution is 5.89. The summed E-state index contributed by atoms with van der Waals surface area (Å²) in [6.45, 7) is 2.36. The Morgan fingerprint density at radius 3 is 3.05 bits per heavy atom. The summed E-state index contributed by atoms with van der Waals surface area (Å²) in [5, 5.41) is 12.3. The fourth-order valence-electron chi connectivity index (χ4n) is 2.20. The van der Waals surface area contributed by atoms with Crippen molar-refractivity contribution in [3.05, 3.63) is 23.8 Å². The first kappa shape index (κ1) is 13.7. The molecule has 0 saturated carbocycles. The van der Waals surface area contributed by atoms with Crippen LogP contribution in [0.5, 0.6) is 5.75 Å². The van der Waals surface area contributed by atoms with E-state index in [1.807, 2.05) is 0 Å². The molecule has 1 unspecified atom stereocenters. The van der Waals surface area contributed by atoms with Gasteiger partial charge in [-0.25, -0.2) is 4.79 Å². The van der Waals surface area contributed by atoms with Crippen LogP contribution in [0.1, 0.15) is 23.2 Å². The highest BCUT2D eigenvalue weighted by atomic mass is 16.5. The molecule has 1 aliphatic heterocycles. The summed E-state index contributed by atoms with van der Waals surface area (Å²) in [5.41, 5.74) is 0.969. The van der Waals surface area contributed by atoms with Crippen LogP contribution in [0.4, 0.5) is 5.69 Å². The smallest absolute Gasteiger partial charge is 0.335 e. The molecule has 0 aliphatic carbocycles. The van der Waals surface area contributed by atoms with E-state index in [9.17, 15) is 4.79 Å². The lowest BCUT2D eigenvalue weighted by Gasteiger charge is -2.23. The van der Waals surface area contributed by atoms with Crippen molar-refractivity contribution in [2.45, 2.75) is 12.8 Å². The minimum absolute atomic E-state index is 0.253. The molecule has 1 aliphatic rings. The van der Waals surface area contributed by atoms with E-state index in [0.29, 0.717) is 17.4 Å². The Bertz CT molecular complexity index is 441. The highest BCUT2D eigenvalue weighted by Crippen LogP contribution is 2.26. The minimum Gasteiger partial charge on any atom is -0.495 e. The number of aromatic carboxylic acids is 1. The summed E-state index contributed by atoms with van der Waals surface area (Å²) in [6, 6.07) is 4.81. The van der Waals surface area contributed by atoms with Crippen molar-refractivity contribution in [1.29, 1.82) is 0 Å². The second kappa shape index (κ2) is 6.43. The first-order chi connectivity index (χ1) is 9.20. The standard InChI is InChI=1S/C14H19NO4/c1-18-13-5-4-11(14(16)17)7-12(13)15-8-10-3-2-6-19-9-10/h4-5,7,10,15H,2-3,6,8-9H2,1H3,(H,16,17). The molecule has 2 N–H and O–H groups in total. The van der Waals surface area contributed by atoms with Crippen LogP contribution >= 0.6 is 0 Å². The lowest BCUT2D eigenvalue weighted by molar-refractivity contribution is 0.0594. The van der Waals surface area contributed by atoms with Crippen LogP contribution in [-0.2, 0) is 4.74 Å². The average Bonchev–Trinajstić information content (AvgIpc) is 2.45. The van der Waals surface area contributed by atoms with Crippen molar-refractivity contribution in [3.63, 3.8) is 0 Å². The number of anilines is 1. The number of hydrogen-bond acceptors (Lipinski definition) is 4. The quantitative estimate of drug-likeness (QED) is 0.854. The van der Waals surface area contributed by atoms with Crippen LogP contribution in [0.25, 0.3) is 0 Å². The first-order valence-electron chi connectivity index (χ1n) is 6.43. The Hall–Kier alpha value is -1.75. The number of carboxylic acid groups (broad SMARTS) is 1. The van der Waals surface area contributed by atoms with Crippen molar-refractivity contribution < 1.29 is 19.4 Å². The Labute approximate surface area is 112 Å². The predicted molar refractivity (Wildman–Crippen MR) is 72.0 cm³/mol. The normalized spacial score (nSPS) is 18.9. The molecule has 19 heavy (non-hydrogen) atoms. The molecule has 1 aromatic rings. The topological polar surface area (TPSA) is 67.8 Å². The lowest BCUT2D eigenvalue weighted by atomic mass is 10.0. The second-order valence-corrected chi connectivity index (χ2v) is 4.68. The molecular formula is C14H19NO4. The molecule has 0 bridgehead atoms. The fourth-order valence-corrected chi connectivity index (χ4v) is 2.20. The van der Waals surface area contributed by atoms with Gasteiger partial charge in [-0.05, 0) is 37.0 Å². The Kier molecular flexibility index (Phi) is 4.63. The third-order valence-corrected chi connectivity index (χ3v) is 3.28. The molecule has 1 aromatic carbocycles. The maximum atomic E-state index is 11.0. The second-order valence-electron chi connectivity index (χ2n) is 4.68. The van der Waals surface area contributed by atoms with Crippen LogP contribution in [0, 0.1) is 5.92 Å². The van der Waals surface area contributed by atoms with Gasteiger partial charge in [0, 0.05) is 13.2 Å². The van der Waals surface area contributed by atoms with Gasteiger partial charge in [-0.3, -0.25) is 0 Å². The number of carbonyl (C=O) groups is 1. The summed E-state index contributed by atoms with van der Waals surface area (Å²) >= 11 is 0. The van der Waals surface area contributed by atoms with E-state index < -0.39 is 5.97 Å². The first-order valence-corrected chi connectivity index (χ1v) is 6.43. The summed E-state index contributed by atoms with van der Waals surface area (Å²) in [7, 11) is 1.57. The molecule has 1 fully saturated rings. The number of carboxylic acids is 1. The van der Waals surface area contributed by atoms with Gasteiger partial charge in [-0.2, -0.15) is 0 Å². The Morgan fingerprint density at radius 2 is 2.42 bits per heavy atom. The van der Waals surface area contributed by atoms with Crippen LogP contribution in [0.2, 0.25) is 0 Å². The summed E-state index contributed by atoms with van der Waals surface area (Å²) in [5.74, 6) is 0.181. The van der Waals surface area contributed by atoms with Crippen molar-refractivity contribution in [2.75, 3.05) is 32.2 Å². The summed E-state index contributed by atoms with van der Waals surface area (Å²) in [6.07, 6.45) is 2.21. The molecule has 0 amide bonds. The van der Waals surface area contributed by atoms with Gasteiger partial charge in [0.05, 0.1) is 25.0 Å². The molecular weight excluding hydrogens is 246 g/mol. The monoisotopic (exact) mass is 265 g/mol. The lowest BCUT2D eigenvalue weighted by Crippen LogP contribution is -2.24. The summed E-state index contributed by atoms with van der Waals surface area (Å²) in [4.78, 5) is 11.0. The molecule has 2 rings (SSSR count). The SMILES string of the molecule is COc1ccc(C(=O)O)cc1NCC1CCCOC1. The molecule has 0 spiro atoms. The molecule has 0 aromatic heterocycles. The van der Waals surface area contributed by atoms with E-state index in [4.69, 9.17) is 14.6 Å². The van der Waals surface area contributed by atoms with Crippen LogP contribution in [0.15, 0.2) is 18.2 Å². The molecule has 5 heteroatoms. The average molecular weight is 265 g/mol. The van der Waals surface area contributed by atoms with Gasteiger partial charge in [0.2, 0.25) is 0 Å². The molecule has 104 valence electrons. The van der Waals surface area contributed by atoms with Gasteiger partial charge in [-0.15, -0.1) is 0 Å². The van der Waals surface area contributed by atoms with E-state index in [2.05, 4.69) is 5.32 Å². The molecule has 1 heterocycles. The third-order valence-electron chi connectivity index (χ3n) is 3.28. The van der Waals surface area contributed by atoms with Crippen LogP contribution in [0.3, 0.4) is 0 Å². The van der Waals surface area contributed by atoms with Crippen molar-refractivity contribution in [1.82, 2.24) is 0 Å². The third kappa shape index (κ3) is 3.61. The van der Waals surface area contributed by atoms with Crippen molar-refractivity contribution in [2.24, 2.45) is 5.92 Å². The Balaban J connectivity index is 2.04. The molecule has 1 saturated heterocycles. The zero-order chi connectivity index (χ0) is 13.7. The fraction of sp³-hybridized carbons (Fsp3) is 0.500. The van der Waals surface area contributed by atoms with Crippen molar-refractivity contribution in [3.8, 4) is 5.75 Å². The van der Waals surface area contributed by atoms with Crippen molar-refractivity contribution >= 4 is 11.7 Å². The van der Waals surface area contributed by atoms with Crippen LogP contribution in [-0.4, -0.2) is 37.9 Å². The van der Waals surface area contributed by atoms with E-state index in [0.717, 1.165) is 32.6 Å². The number of benzene rings is 1. The van der Waals surface area contributed by atoms with E-state index >= 15 is 0 Å². The van der Waals surface area contributed by atoms with Gasteiger partial charge >= 0.3 is 5.97 Å². The number of nitrogens with one attached hydrogen (secondary N) is 1. The van der Waals surface area contributed by atoms with Gasteiger partial charge in [0.25, 0.3) is 0 Å². The number of rotatable bonds is 5. The van der Waals surface area contributed by atoms with E-state index in [1.54, 1.807) is 19.2 Å². The van der Waals surface area contributed by atoms with E-state index in [-0.39, 0.29) is 5.56 Å². The van der Waals surface area contributed by atoms with Gasteiger partial charge in [-0.1, -0.05) is 0 Å². The summed E-state index contributed by atoms with van der Waals surface area (Å²) < 4.78 is 10.7. The van der Waals surface area contributed by atoms with Gasteiger partial charge in [0.1, 0.15) is 5.75 Å². The minimum atomic E-state index is -0.938. The van der Waals surface area contributed by atoms with E-state index in [1.165, 1.54) is 6.07 Å². The van der Waals surface area contributed by atoms with Gasteiger partial charge in [0.15, 0.2) is 0 Å². The maximum absolute atomic E-state index is 11.0. The highest BCUT2D eigenvalue weighted by Gasteiger charge is 2.15. The molecule has 0 radical (unpaired) electrons. The maximum Gasteiger partial charge on any atom is 0.335 e. The number of methoxy groups -OCH3 is 1. The molecule has 1 atom stereocenters. The predicted octanol–water partition coefficient (Wildman–Crippen LogP) is 2.23. The Morgan fingerprint density at radius 1 is 1.58 bits per heavy atom. The number of hydrogen-bond donors (Lipinski definition) is 2. The zero-order valence-corrected chi connectivity index (χ0v) is 11.0. The zero-order valence-electron chi connectivity index (χ0n) is 11.0. The van der Waals surface area contributed by atoms with Crippen LogP contribution < -0.4 is 10.1 Å². The molecule has 5 nitrogen and oxygen atoms in total.